The van der Waals surface area contributed by atoms with Crippen LogP contribution in [0.4, 0.5) is 0 Å². The number of ketones is 1. The van der Waals surface area contributed by atoms with Crippen LogP contribution < -0.4 is 0 Å². The fourth-order valence-electron chi connectivity index (χ4n) is 1.34. The van der Waals surface area contributed by atoms with Gasteiger partial charge in [0.25, 0.3) is 0 Å². The third kappa shape index (κ3) is 1.54. The molecule has 2 atom stereocenters. The van der Waals surface area contributed by atoms with Gasteiger partial charge in [-0.3, -0.25) is 4.79 Å². The Kier molecular flexibility index (Phi) is 1.89. The molecule has 0 amide bonds. The molecule has 0 bridgehead atoms. The highest BCUT2D eigenvalue weighted by atomic mass is 16.1. The molecule has 0 N–H and O–H groups in total. The molecular weight excluding hydrogens is 112 g/mol. The van der Waals surface area contributed by atoms with Crippen molar-refractivity contribution in [2.45, 2.75) is 33.1 Å². The average molecular weight is 126 g/mol. The smallest absolute Gasteiger partial charge is 0.135 e. The molecule has 1 nitrogen and oxygen atoms in total. The summed E-state index contributed by atoms with van der Waals surface area (Å²) in [5.74, 6) is 1.46. The molecule has 1 fully saturated rings. The third-order valence-electron chi connectivity index (χ3n) is 2.19. The quantitative estimate of drug-likeness (QED) is 0.485. The Bertz CT molecular complexity index is 118. The van der Waals surface area contributed by atoms with Crippen molar-refractivity contribution in [3.05, 3.63) is 0 Å². The predicted octanol–water partition coefficient (Wildman–Crippen LogP) is 2.01. The van der Waals surface area contributed by atoms with Gasteiger partial charge in [0.2, 0.25) is 0 Å². The minimum Gasteiger partial charge on any atom is -0.299 e. The summed E-state index contributed by atoms with van der Waals surface area (Å²) in [4.78, 5) is 11.0. The van der Waals surface area contributed by atoms with Crippen LogP contribution in [0.2, 0.25) is 0 Å². The lowest BCUT2D eigenvalue weighted by molar-refractivity contribution is -0.125. The van der Waals surface area contributed by atoms with Gasteiger partial charge >= 0.3 is 0 Å². The Morgan fingerprint density at radius 2 is 2.00 bits per heavy atom. The lowest BCUT2D eigenvalue weighted by atomic mass is 9.83. The monoisotopic (exact) mass is 126 g/mol. The predicted molar refractivity (Wildman–Crippen MR) is 37.2 cm³/mol. The number of hydrogen-bond donors (Lipinski definition) is 0. The zero-order chi connectivity index (χ0) is 6.85. The van der Waals surface area contributed by atoms with Crippen LogP contribution in [0.15, 0.2) is 0 Å². The number of carbonyl (C=O) groups excluding carboxylic acids is 1. The molecule has 0 spiro atoms. The Labute approximate surface area is 56.4 Å². The molecule has 0 aromatic carbocycles. The van der Waals surface area contributed by atoms with E-state index in [-0.39, 0.29) is 0 Å². The van der Waals surface area contributed by atoms with E-state index in [2.05, 4.69) is 6.92 Å². The van der Waals surface area contributed by atoms with Gasteiger partial charge in [0.05, 0.1) is 0 Å². The van der Waals surface area contributed by atoms with Gasteiger partial charge in [-0.25, -0.2) is 0 Å². The molecule has 52 valence electrons. The Hall–Kier alpha value is -0.330. The highest BCUT2D eigenvalue weighted by molar-refractivity contribution is 5.81. The maximum absolute atomic E-state index is 11.0. The highest BCUT2D eigenvalue weighted by Gasteiger charge is 2.21. The van der Waals surface area contributed by atoms with Crippen molar-refractivity contribution in [2.75, 3.05) is 0 Å². The largest absolute Gasteiger partial charge is 0.299 e. The van der Waals surface area contributed by atoms with Gasteiger partial charge in [-0.2, -0.15) is 0 Å². The molecular formula is C8H14O. The molecule has 1 saturated carbocycles. The summed E-state index contributed by atoms with van der Waals surface area (Å²) in [7, 11) is 0. The second-order valence-electron chi connectivity index (χ2n) is 3.25. The minimum absolute atomic E-state index is 0.348. The second kappa shape index (κ2) is 2.51. The average Bonchev–Trinajstić information content (AvgIpc) is 1.80. The number of Topliss-reactive ketones (excluding diaryl/α,β-unsaturated/α-hetero) is 1. The van der Waals surface area contributed by atoms with E-state index in [9.17, 15) is 4.79 Å². The van der Waals surface area contributed by atoms with Crippen molar-refractivity contribution >= 4 is 5.78 Å². The summed E-state index contributed by atoms with van der Waals surface area (Å²) in [6, 6.07) is 0. The highest BCUT2D eigenvalue weighted by Crippen LogP contribution is 2.24. The summed E-state index contributed by atoms with van der Waals surface area (Å²) in [5, 5.41) is 0. The van der Waals surface area contributed by atoms with E-state index in [0.29, 0.717) is 17.6 Å². The van der Waals surface area contributed by atoms with Crippen LogP contribution >= 0.6 is 0 Å². The molecule has 1 unspecified atom stereocenters. The van der Waals surface area contributed by atoms with Gasteiger partial charge in [-0.1, -0.05) is 13.8 Å². The lowest BCUT2D eigenvalue weighted by Gasteiger charge is -2.21. The number of rotatable bonds is 0. The van der Waals surface area contributed by atoms with Crippen molar-refractivity contribution in [3.63, 3.8) is 0 Å². The Morgan fingerprint density at radius 1 is 1.33 bits per heavy atom. The van der Waals surface area contributed by atoms with Gasteiger partial charge in [0, 0.05) is 12.3 Å². The summed E-state index contributed by atoms with van der Waals surface area (Å²) in [6.45, 7) is 4.19. The van der Waals surface area contributed by atoms with Crippen LogP contribution in [-0.2, 0) is 4.79 Å². The van der Waals surface area contributed by atoms with Gasteiger partial charge in [-0.05, 0) is 18.8 Å². The molecule has 9 heavy (non-hydrogen) atoms. The van der Waals surface area contributed by atoms with Crippen molar-refractivity contribution in [3.8, 4) is 0 Å². The molecule has 0 saturated heterocycles. The van der Waals surface area contributed by atoms with E-state index in [4.69, 9.17) is 0 Å². The van der Waals surface area contributed by atoms with Crippen LogP contribution in [0, 0.1) is 11.8 Å². The molecule has 0 aliphatic heterocycles. The fraction of sp³-hybridized carbons (Fsp3) is 0.875. The molecule has 1 aliphatic rings. The Morgan fingerprint density at radius 3 is 2.44 bits per heavy atom. The first-order valence-corrected chi connectivity index (χ1v) is 3.73. The van der Waals surface area contributed by atoms with Crippen molar-refractivity contribution in [1.29, 1.82) is 0 Å². The van der Waals surface area contributed by atoms with Gasteiger partial charge < -0.3 is 0 Å². The molecule has 1 heteroatoms. The maximum Gasteiger partial charge on any atom is 0.135 e. The van der Waals surface area contributed by atoms with Crippen LogP contribution in [0.1, 0.15) is 33.1 Å². The summed E-state index contributed by atoms with van der Waals surface area (Å²) in [5.41, 5.74) is 0. The molecule has 0 aromatic heterocycles. The summed E-state index contributed by atoms with van der Waals surface area (Å²) in [6.07, 6.45) is 3.17. The molecule has 0 radical (unpaired) electrons. The van der Waals surface area contributed by atoms with E-state index in [1.165, 1.54) is 6.42 Å². The first kappa shape index (κ1) is 6.79. The zero-order valence-electron chi connectivity index (χ0n) is 6.18. The first-order valence-electron chi connectivity index (χ1n) is 3.73. The van der Waals surface area contributed by atoms with Crippen molar-refractivity contribution in [2.24, 2.45) is 11.8 Å². The van der Waals surface area contributed by atoms with Crippen LogP contribution in [0.25, 0.3) is 0 Å². The normalized spacial score (nSPS) is 36.9. The molecule has 0 heterocycles. The van der Waals surface area contributed by atoms with Crippen molar-refractivity contribution < 1.29 is 4.79 Å². The zero-order valence-corrected chi connectivity index (χ0v) is 6.18. The lowest BCUT2D eigenvalue weighted by Crippen LogP contribution is -2.20. The minimum atomic E-state index is 0.348. The molecule has 1 rings (SSSR count). The van der Waals surface area contributed by atoms with Crippen LogP contribution in [-0.4, -0.2) is 5.78 Å². The fourth-order valence-corrected chi connectivity index (χ4v) is 1.34. The number of carbonyl (C=O) groups is 1. The maximum atomic E-state index is 11.0. The van der Waals surface area contributed by atoms with E-state index in [1.807, 2.05) is 6.92 Å². The van der Waals surface area contributed by atoms with Gasteiger partial charge in [-0.15, -0.1) is 0 Å². The van der Waals surface area contributed by atoms with E-state index < -0.39 is 0 Å². The van der Waals surface area contributed by atoms with Crippen molar-refractivity contribution in [1.82, 2.24) is 0 Å². The summed E-state index contributed by atoms with van der Waals surface area (Å²) >= 11 is 0. The second-order valence-corrected chi connectivity index (χ2v) is 3.25. The van der Waals surface area contributed by atoms with Gasteiger partial charge in [0.15, 0.2) is 0 Å². The molecule has 0 aromatic rings. The van der Waals surface area contributed by atoms with E-state index in [1.54, 1.807) is 0 Å². The van der Waals surface area contributed by atoms with E-state index >= 15 is 0 Å². The SMILES string of the molecule is CC1CC[C@H](C)C(=O)C1. The summed E-state index contributed by atoms with van der Waals surface area (Å²) < 4.78 is 0. The first-order chi connectivity index (χ1) is 4.20. The third-order valence-corrected chi connectivity index (χ3v) is 2.19. The van der Waals surface area contributed by atoms with E-state index in [0.717, 1.165) is 12.8 Å². The topological polar surface area (TPSA) is 17.1 Å². The van der Waals surface area contributed by atoms with Crippen LogP contribution in [0.3, 0.4) is 0 Å². The Balaban J connectivity index is 2.44. The standard InChI is InChI=1S/C8H14O/c1-6-3-4-7(2)8(9)5-6/h6-7H,3-5H2,1-2H3/t6?,7-/m0/s1. The number of hydrogen-bond acceptors (Lipinski definition) is 1. The van der Waals surface area contributed by atoms with Crippen LogP contribution in [0.5, 0.6) is 0 Å². The molecule has 1 aliphatic carbocycles. The van der Waals surface area contributed by atoms with Gasteiger partial charge in [0.1, 0.15) is 5.78 Å².